The molecule has 0 fully saturated rings. The minimum atomic E-state index is -0.664. The second-order valence-corrected chi connectivity index (χ2v) is 6.03. The smallest absolute Gasteiger partial charge is 0.356 e. The van der Waals surface area contributed by atoms with E-state index in [4.69, 9.17) is 37.4 Å². The van der Waals surface area contributed by atoms with E-state index in [-0.39, 0.29) is 15.8 Å². The molecule has 5 nitrogen and oxygen atoms in total. The molecule has 0 saturated heterocycles. The van der Waals surface area contributed by atoms with E-state index in [0.717, 1.165) is 11.3 Å². The first-order chi connectivity index (χ1) is 12.6. The Bertz CT molecular complexity index is 878. The molecule has 1 aliphatic rings. The molecule has 1 aromatic carbocycles. The molecule has 26 heavy (non-hydrogen) atoms. The van der Waals surface area contributed by atoms with Gasteiger partial charge in [-0.25, -0.2) is 4.79 Å². The molecule has 1 aromatic heterocycles. The maximum Gasteiger partial charge on any atom is 0.356 e. The van der Waals surface area contributed by atoms with Crippen LogP contribution >= 0.6 is 23.2 Å². The molecule has 0 radical (unpaired) electrons. The summed E-state index contributed by atoms with van der Waals surface area (Å²) < 4.78 is 16.5. The van der Waals surface area contributed by atoms with Crippen LogP contribution in [0.3, 0.4) is 0 Å². The first-order valence-corrected chi connectivity index (χ1v) is 8.63. The molecule has 0 spiro atoms. The van der Waals surface area contributed by atoms with Crippen molar-refractivity contribution in [2.45, 2.75) is 13.5 Å². The van der Waals surface area contributed by atoms with Crippen molar-refractivity contribution in [3.05, 3.63) is 69.7 Å². The summed E-state index contributed by atoms with van der Waals surface area (Å²) in [6.45, 7) is 2.68. The highest BCUT2D eigenvalue weighted by Crippen LogP contribution is 2.35. The topological polar surface area (TPSA) is 57.7 Å². The molecule has 0 aliphatic carbocycles. The Morgan fingerprint density at radius 3 is 2.62 bits per heavy atom. The number of cyclic esters (lactones) is 1. The Morgan fingerprint density at radius 2 is 1.96 bits per heavy atom. The Morgan fingerprint density at radius 1 is 1.12 bits per heavy atom. The van der Waals surface area contributed by atoms with Crippen molar-refractivity contribution >= 4 is 35.2 Å². The fourth-order valence-corrected chi connectivity index (χ4v) is 2.57. The van der Waals surface area contributed by atoms with E-state index >= 15 is 0 Å². The van der Waals surface area contributed by atoms with Crippen molar-refractivity contribution in [2.75, 3.05) is 6.61 Å². The zero-order chi connectivity index (χ0) is 18.5. The van der Waals surface area contributed by atoms with E-state index in [2.05, 4.69) is 4.98 Å². The number of carbonyl (C=O) groups excluding carboxylic acids is 1. The van der Waals surface area contributed by atoms with Gasteiger partial charge in [-0.2, -0.15) is 0 Å². The minimum Gasteiger partial charge on any atom is -0.490 e. The van der Waals surface area contributed by atoms with Crippen LogP contribution in [0.25, 0.3) is 6.08 Å². The maximum atomic E-state index is 11.4. The summed E-state index contributed by atoms with van der Waals surface area (Å²) in [5, 5.41) is -0.0385. The number of nitrogens with zero attached hydrogens (tertiary/aromatic N) is 1. The molecule has 0 atom stereocenters. The summed E-state index contributed by atoms with van der Waals surface area (Å²) >= 11 is 11.8. The highest BCUT2D eigenvalue weighted by molar-refractivity contribution is 6.50. The number of pyridine rings is 1. The van der Waals surface area contributed by atoms with Gasteiger partial charge in [0.25, 0.3) is 0 Å². The van der Waals surface area contributed by atoms with Crippen LogP contribution in [-0.4, -0.2) is 17.6 Å². The summed E-state index contributed by atoms with van der Waals surface area (Å²) in [6.07, 6.45) is 3.32. The lowest BCUT2D eigenvalue weighted by molar-refractivity contribution is -0.132. The molecule has 2 heterocycles. The molecule has 7 heteroatoms. The van der Waals surface area contributed by atoms with Crippen LogP contribution < -0.4 is 9.47 Å². The van der Waals surface area contributed by atoms with Crippen LogP contribution in [0.5, 0.6) is 11.5 Å². The largest absolute Gasteiger partial charge is 0.490 e. The Labute approximate surface area is 160 Å². The standard InChI is InChI=1S/C19H15Cl2NO4/c1-2-24-15-9-12(10-16-17(20)18(21)19(23)26-16)6-7-14(15)25-11-13-5-3-4-8-22-13/h3-10H,2,11H2,1H3/b16-10-. The predicted molar refractivity (Wildman–Crippen MR) is 99.0 cm³/mol. The monoisotopic (exact) mass is 391 g/mol. The number of hydrogen-bond donors (Lipinski definition) is 0. The number of aromatic nitrogens is 1. The van der Waals surface area contributed by atoms with Crippen molar-refractivity contribution in [1.82, 2.24) is 4.98 Å². The second kappa shape index (κ2) is 8.25. The third-order valence-electron chi connectivity index (χ3n) is 3.46. The number of carbonyl (C=O) groups is 1. The van der Waals surface area contributed by atoms with Gasteiger partial charge in [-0.05, 0) is 42.8 Å². The number of allylic oxidation sites excluding steroid dienone is 1. The summed E-state index contributed by atoms with van der Waals surface area (Å²) in [7, 11) is 0. The average Bonchev–Trinajstić information content (AvgIpc) is 2.89. The Balaban J connectivity index is 1.82. The number of halogens is 2. The van der Waals surface area contributed by atoms with Gasteiger partial charge in [0.05, 0.1) is 12.3 Å². The molecular formula is C19H15Cl2NO4. The molecule has 0 amide bonds. The molecule has 134 valence electrons. The van der Waals surface area contributed by atoms with Gasteiger partial charge < -0.3 is 14.2 Å². The van der Waals surface area contributed by atoms with Gasteiger partial charge in [0.15, 0.2) is 17.3 Å². The zero-order valence-corrected chi connectivity index (χ0v) is 15.4. The van der Waals surface area contributed by atoms with Gasteiger partial charge in [0.2, 0.25) is 0 Å². The van der Waals surface area contributed by atoms with E-state index in [0.29, 0.717) is 24.7 Å². The van der Waals surface area contributed by atoms with Crippen LogP contribution in [0, 0.1) is 0 Å². The lowest BCUT2D eigenvalue weighted by Gasteiger charge is -2.12. The molecule has 1 aliphatic heterocycles. The molecule has 0 saturated carbocycles. The minimum absolute atomic E-state index is 0.0881. The summed E-state index contributed by atoms with van der Waals surface area (Å²) in [5.74, 6) is 0.686. The van der Waals surface area contributed by atoms with Gasteiger partial charge in [-0.3, -0.25) is 4.98 Å². The van der Waals surface area contributed by atoms with Crippen molar-refractivity contribution in [3.63, 3.8) is 0 Å². The third kappa shape index (κ3) is 4.18. The van der Waals surface area contributed by atoms with Gasteiger partial charge in [-0.15, -0.1) is 0 Å². The Kier molecular flexibility index (Phi) is 5.81. The quantitative estimate of drug-likeness (QED) is 0.670. The third-order valence-corrected chi connectivity index (χ3v) is 4.27. The van der Waals surface area contributed by atoms with Crippen LogP contribution in [0.4, 0.5) is 0 Å². The number of esters is 1. The van der Waals surface area contributed by atoms with Crippen LogP contribution in [0.1, 0.15) is 18.2 Å². The van der Waals surface area contributed by atoms with Gasteiger partial charge in [0.1, 0.15) is 16.7 Å². The van der Waals surface area contributed by atoms with Crippen LogP contribution in [-0.2, 0) is 16.1 Å². The highest BCUT2D eigenvalue weighted by Gasteiger charge is 2.27. The Hall–Kier alpha value is -2.50. The van der Waals surface area contributed by atoms with Crippen molar-refractivity contribution in [2.24, 2.45) is 0 Å². The van der Waals surface area contributed by atoms with Crippen molar-refractivity contribution in [1.29, 1.82) is 0 Å². The van der Waals surface area contributed by atoms with Crippen molar-refractivity contribution in [3.8, 4) is 11.5 Å². The summed E-state index contributed by atoms with van der Waals surface area (Å²) in [5.41, 5.74) is 1.54. The van der Waals surface area contributed by atoms with Crippen molar-refractivity contribution < 1.29 is 19.0 Å². The van der Waals surface area contributed by atoms with E-state index in [1.54, 1.807) is 30.5 Å². The highest BCUT2D eigenvalue weighted by atomic mass is 35.5. The van der Waals surface area contributed by atoms with Gasteiger partial charge >= 0.3 is 5.97 Å². The molecule has 3 rings (SSSR count). The number of ether oxygens (including phenoxy) is 3. The van der Waals surface area contributed by atoms with E-state index in [1.165, 1.54) is 0 Å². The maximum absolute atomic E-state index is 11.4. The number of benzene rings is 1. The molecule has 0 N–H and O–H groups in total. The molecule has 0 bridgehead atoms. The SMILES string of the molecule is CCOc1cc(/C=C2\OC(=O)C(Cl)=C2Cl)ccc1OCc1ccccn1. The van der Waals surface area contributed by atoms with E-state index in [1.807, 2.05) is 25.1 Å². The second-order valence-electron chi connectivity index (χ2n) is 5.28. The summed E-state index contributed by atoms with van der Waals surface area (Å²) in [6, 6.07) is 11.0. The first kappa shape index (κ1) is 18.3. The average molecular weight is 392 g/mol. The molecule has 2 aromatic rings. The van der Waals surface area contributed by atoms with Gasteiger partial charge in [0, 0.05) is 6.20 Å². The van der Waals surface area contributed by atoms with Gasteiger partial charge in [-0.1, -0.05) is 35.3 Å². The normalized spacial score (nSPS) is 15.3. The molecular weight excluding hydrogens is 377 g/mol. The predicted octanol–water partition coefficient (Wildman–Crippen LogP) is 4.65. The zero-order valence-electron chi connectivity index (χ0n) is 13.9. The van der Waals surface area contributed by atoms with Crippen LogP contribution in [0.15, 0.2) is 58.4 Å². The van der Waals surface area contributed by atoms with Crippen LogP contribution in [0.2, 0.25) is 0 Å². The first-order valence-electron chi connectivity index (χ1n) is 7.87. The van der Waals surface area contributed by atoms with E-state index < -0.39 is 5.97 Å². The fraction of sp³-hybridized carbons (Fsp3) is 0.158. The number of rotatable bonds is 6. The van der Waals surface area contributed by atoms with E-state index in [9.17, 15) is 4.79 Å². The summed E-state index contributed by atoms with van der Waals surface area (Å²) in [4.78, 5) is 15.7. The lowest BCUT2D eigenvalue weighted by atomic mass is 10.1. The number of hydrogen-bond acceptors (Lipinski definition) is 5. The fourth-order valence-electron chi connectivity index (χ4n) is 2.27. The lowest BCUT2D eigenvalue weighted by Crippen LogP contribution is -2.01. The molecule has 0 unspecified atom stereocenters.